The highest BCUT2D eigenvalue weighted by Gasteiger charge is 2.39. The number of carbonyl (C=O) groups excluding carboxylic acids is 1. The highest BCUT2D eigenvalue weighted by atomic mass is 16.5. The van der Waals surface area contributed by atoms with Crippen molar-refractivity contribution in [3.8, 4) is 0 Å². The zero-order chi connectivity index (χ0) is 20.4. The molecule has 2 saturated heterocycles. The summed E-state index contributed by atoms with van der Waals surface area (Å²) in [6.45, 7) is 8.10. The Bertz CT molecular complexity index is 824. The van der Waals surface area contributed by atoms with E-state index in [4.69, 9.17) is 9.26 Å². The van der Waals surface area contributed by atoms with E-state index < -0.39 is 0 Å². The van der Waals surface area contributed by atoms with Crippen molar-refractivity contribution >= 4 is 5.91 Å². The first-order chi connectivity index (χ1) is 14.0. The molecule has 4 rings (SSSR count). The minimum Gasteiger partial charge on any atom is -0.373 e. The molecule has 0 unspecified atom stereocenters. The van der Waals surface area contributed by atoms with Crippen LogP contribution in [0.4, 0.5) is 0 Å². The highest BCUT2D eigenvalue weighted by Crippen LogP contribution is 2.32. The summed E-state index contributed by atoms with van der Waals surface area (Å²) in [4.78, 5) is 17.7. The van der Waals surface area contributed by atoms with Gasteiger partial charge in [-0.3, -0.25) is 9.48 Å². The lowest BCUT2D eigenvalue weighted by molar-refractivity contribution is -0.0743. The highest BCUT2D eigenvalue weighted by molar-refractivity contribution is 5.92. The van der Waals surface area contributed by atoms with Crippen LogP contribution in [0.25, 0.3) is 0 Å². The molecule has 0 bridgehead atoms. The predicted octanol–water partition coefficient (Wildman–Crippen LogP) is 2.60. The molecule has 29 heavy (non-hydrogen) atoms. The van der Waals surface area contributed by atoms with Crippen LogP contribution in [-0.4, -0.2) is 69.5 Å². The Balaban J connectivity index is 1.60. The lowest BCUT2D eigenvalue weighted by Gasteiger charge is -2.42. The molecule has 0 radical (unpaired) electrons. The standard InChI is InChI=1S/C21H31N5O3/c1-15(2)18-11-17(23-29-18)21(27)26-9-10-28-19(14-25-7-5-4-6-8-25)20(26)16-12-22-24(3)13-16/h11-13,15,19-20H,4-10,14H2,1-3H3/t19-,20-/m0/s1. The average molecular weight is 402 g/mol. The van der Waals surface area contributed by atoms with Gasteiger partial charge in [-0.05, 0) is 25.9 Å². The van der Waals surface area contributed by atoms with Gasteiger partial charge in [-0.1, -0.05) is 25.4 Å². The third-order valence-corrected chi connectivity index (χ3v) is 5.88. The Hall–Kier alpha value is -2.19. The van der Waals surface area contributed by atoms with Crippen LogP contribution in [0, 0.1) is 0 Å². The molecule has 0 aliphatic carbocycles. The Morgan fingerprint density at radius 2 is 2.03 bits per heavy atom. The number of amides is 1. The molecule has 1 amide bonds. The Morgan fingerprint density at radius 3 is 2.69 bits per heavy atom. The fraction of sp³-hybridized carbons (Fsp3) is 0.667. The van der Waals surface area contributed by atoms with Crippen molar-refractivity contribution < 1.29 is 14.1 Å². The van der Waals surface area contributed by atoms with E-state index in [0.717, 1.165) is 31.0 Å². The average Bonchev–Trinajstić information content (AvgIpc) is 3.37. The van der Waals surface area contributed by atoms with Crippen LogP contribution >= 0.6 is 0 Å². The maximum absolute atomic E-state index is 13.4. The molecule has 2 aromatic heterocycles. The molecule has 0 spiro atoms. The van der Waals surface area contributed by atoms with Crippen LogP contribution < -0.4 is 0 Å². The van der Waals surface area contributed by atoms with Gasteiger partial charge in [0, 0.05) is 43.9 Å². The summed E-state index contributed by atoms with van der Waals surface area (Å²) in [6, 6.07) is 1.58. The van der Waals surface area contributed by atoms with Gasteiger partial charge in [0.1, 0.15) is 5.76 Å². The molecular weight excluding hydrogens is 370 g/mol. The van der Waals surface area contributed by atoms with Crippen molar-refractivity contribution in [2.75, 3.05) is 32.8 Å². The molecule has 2 aliphatic rings. The number of piperidine rings is 1. The first-order valence-electron chi connectivity index (χ1n) is 10.6. The van der Waals surface area contributed by atoms with Gasteiger partial charge in [0.2, 0.25) is 0 Å². The summed E-state index contributed by atoms with van der Waals surface area (Å²) in [5.74, 6) is 0.806. The van der Waals surface area contributed by atoms with Gasteiger partial charge in [0.15, 0.2) is 5.69 Å². The minimum atomic E-state index is -0.189. The second kappa shape index (κ2) is 8.67. The van der Waals surface area contributed by atoms with E-state index >= 15 is 0 Å². The number of nitrogens with zero attached hydrogens (tertiary/aromatic N) is 5. The topological polar surface area (TPSA) is 76.6 Å². The van der Waals surface area contributed by atoms with Crippen molar-refractivity contribution in [3.63, 3.8) is 0 Å². The van der Waals surface area contributed by atoms with Gasteiger partial charge in [-0.25, -0.2) is 0 Å². The third kappa shape index (κ3) is 4.38. The molecule has 8 heteroatoms. The number of aromatic nitrogens is 3. The molecule has 0 aromatic carbocycles. The van der Waals surface area contributed by atoms with E-state index in [1.807, 2.05) is 38.2 Å². The molecule has 2 aromatic rings. The Kier molecular flexibility index (Phi) is 6.01. The maximum Gasteiger partial charge on any atom is 0.276 e. The summed E-state index contributed by atoms with van der Waals surface area (Å²) in [5, 5.41) is 8.39. The van der Waals surface area contributed by atoms with Gasteiger partial charge in [0.05, 0.1) is 24.9 Å². The zero-order valence-electron chi connectivity index (χ0n) is 17.6. The van der Waals surface area contributed by atoms with E-state index in [1.165, 1.54) is 19.3 Å². The van der Waals surface area contributed by atoms with Gasteiger partial charge in [-0.2, -0.15) is 5.10 Å². The quantitative estimate of drug-likeness (QED) is 0.767. The number of ether oxygens (including phenoxy) is 1. The summed E-state index contributed by atoms with van der Waals surface area (Å²) in [7, 11) is 1.89. The lowest BCUT2D eigenvalue weighted by atomic mass is 9.99. The smallest absolute Gasteiger partial charge is 0.276 e. The third-order valence-electron chi connectivity index (χ3n) is 5.88. The second-order valence-electron chi connectivity index (χ2n) is 8.43. The van der Waals surface area contributed by atoms with Gasteiger partial charge >= 0.3 is 0 Å². The van der Waals surface area contributed by atoms with Gasteiger partial charge < -0.3 is 19.1 Å². The van der Waals surface area contributed by atoms with Crippen LogP contribution in [0.15, 0.2) is 23.0 Å². The first-order valence-corrected chi connectivity index (χ1v) is 10.6. The number of rotatable bonds is 5. The van der Waals surface area contributed by atoms with Crippen molar-refractivity contribution in [3.05, 3.63) is 35.5 Å². The molecule has 0 saturated carbocycles. The molecule has 2 fully saturated rings. The predicted molar refractivity (Wildman–Crippen MR) is 108 cm³/mol. The van der Waals surface area contributed by atoms with Crippen LogP contribution in [0.3, 0.4) is 0 Å². The normalized spacial score (nSPS) is 23.7. The first kappa shape index (κ1) is 20.1. The van der Waals surface area contributed by atoms with Crippen molar-refractivity contribution in [1.29, 1.82) is 0 Å². The van der Waals surface area contributed by atoms with E-state index in [1.54, 1.807) is 10.7 Å². The Morgan fingerprint density at radius 1 is 1.24 bits per heavy atom. The SMILES string of the molecule is CC(C)c1cc(C(=O)N2CCO[C@@H](CN3CCCCC3)[C@@H]2c2cnn(C)c2)no1. The fourth-order valence-electron chi connectivity index (χ4n) is 4.31. The van der Waals surface area contributed by atoms with Crippen molar-refractivity contribution in [2.24, 2.45) is 7.05 Å². The van der Waals surface area contributed by atoms with Gasteiger partial charge in [0.25, 0.3) is 5.91 Å². The molecule has 2 atom stereocenters. The number of hydrogen-bond donors (Lipinski definition) is 0. The number of aryl methyl sites for hydroxylation is 1. The molecule has 158 valence electrons. The number of likely N-dealkylation sites (tertiary alicyclic amines) is 1. The lowest BCUT2D eigenvalue weighted by Crippen LogP contribution is -2.52. The van der Waals surface area contributed by atoms with E-state index in [-0.39, 0.29) is 24.0 Å². The minimum absolute atomic E-state index is 0.0912. The van der Waals surface area contributed by atoms with E-state index in [2.05, 4.69) is 15.2 Å². The summed E-state index contributed by atoms with van der Waals surface area (Å²) in [6.07, 6.45) is 7.47. The number of carbonyl (C=O) groups is 1. The summed E-state index contributed by atoms with van der Waals surface area (Å²) in [5.41, 5.74) is 1.36. The number of morpholine rings is 1. The van der Waals surface area contributed by atoms with Gasteiger partial charge in [-0.15, -0.1) is 0 Å². The van der Waals surface area contributed by atoms with Crippen molar-refractivity contribution in [2.45, 2.75) is 51.2 Å². The fourth-order valence-corrected chi connectivity index (χ4v) is 4.31. The second-order valence-corrected chi connectivity index (χ2v) is 8.43. The molecule has 8 nitrogen and oxygen atoms in total. The number of hydrogen-bond acceptors (Lipinski definition) is 6. The largest absolute Gasteiger partial charge is 0.373 e. The van der Waals surface area contributed by atoms with Crippen LogP contribution in [0.2, 0.25) is 0 Å². The van der Waals surface area contributed by atoms with Crippen LogP contribution in [0.5, 0.6) is 0 Å². The molecule has 4 heterocycles. The summed E-state index contributed by atoms with van der Waals surface area (Å²) >= 11 is 0. The monoisotopic (exact) mass is 401 g/mol. The maximum atomic E-state index is 13.4. The molecule has 2 aliphatic heterocycles. The summed E-state index contributed by atoms with van der Waals surface area (Å²) < 4.78 is 13.4. The zero-order valence-corrected chi connectivity index (χ0v) is 17.6. The van der Waals surface area contributed by atoms with Crippen LogP contribution in [0.1, 0.15) is 66.9 Å². The van der Waals surface area contributed by atoms with E-state index in [0.29, 0.717) is 18.8 Å². The van der Waals surface area contributed by atoms with Crippen LogP contribution in [-0.2, 0) is 11.8 Å². The van der Waals surface area contributed by atoms with Crippen molar-refractivity contribution in [1.82, 2.24) is 24.7 Å². The molecular formula is C21H31N5O3. The van der Waals surface area contributed by atoms with E-state index in [9.17, 15) is 4.79 Å². The Labute approximate surface area is 171 Å². The molecule has 0 N–H and O–H groups in total.